The molecule has 18 heavy (non-hydrogen) atoms. The Labute approximate surface area is 110 Å². The lowest BCUT2D eigenvalue weighted by Gasteiger charge is -2.17. The molecule has 1 N–H and O–H groups in total. The number of carbonyl (C=O) groups excluding carboxylic acids is 1. The van der Waals surface area contributed by atoms with Crippen LogP contribution >= 0.6 is 11.8 Å². The van der Waals surface area contributed by atoms with Gasteiger partial charge >= 0.3 is 11.9 Å². The summed E-state index contributed by atoms with van der Waals surface area (Å²) in [4.78, 5) is 26.4. The fourth-order valence-corrected chi connectivity index (χ4v) is 1.89. The molecule has 1 aromatic heterocycles. The maximum atomic E-state index is 11.3. The van der Waals surface area contributed by atoms with Crippen molar-refractivity contribution in [3.63, 3.8) is 0 Å². The van der Waals surface area contributed by atoms with Crippen LogP contribution in [-0.2, 0) is 15.3 Å². The average molecular weight is 269 g/mol. The molecular weight excluding hydrogens is 254 g/mol. The molecule has 1 heterocycles. The molecule has 0 aliphatic rings. The van der Waals surface area contributed by atoms with Gasteiger partial charge in [-0.3, -0.25) is 4.79 Å². The van der Waals surface area contributed by atoms with Crippen LogP contribution < -0.4 is 0 Å². The van der Waals surface area contributed by atoms with Gasteiger partial charge in [0.25, 0.3) is 0 Å². The number of ether oxygens (including phenoxy) is 1. The fourth-order valence-electron chi connectivity index (χ4n) is 1.09. The molecule has 1 rings (SSSR count). The summed E-state index contributed by atoms with van der Waals surface area (Å²) in [7, 11) is 1.29. The summed E-state index contributed by atoms with van der Waals surface area (Å²) in [5.74, 6) is -0.958. The first-order valence-corrected chi connectivity index (χ1v) is 6.27. The number of pyridine rings is 1. The van der Waals surface area contributed by atoms with E-state index in [0.717, 1.165) is 0 Å². The summed E-state index contributed by atoms with van der Waals surface area (Å²) in [6.45, 7) is 3.26. The molecule has 0 bridgehead atoms. The summed E-state index contributed by atoms with van der Waals surface area (Å²) in [5.41, 5.74) is 0.876. The van der Waals surface area contributed by atoms with Crippen molar-refractivity contribution < 1.29 is 19.4 Å². The van der Waals surface area contributed by atoms with Crippen LogP contribution in [-0.4, -0.2) is 33.9 Å². The first kappa shape index (κ1) is 14.5. The first-order chi connectivity index (χ1) is 8.36. The lowest BCUT2D eigenvalue weighted by Crippen LogP contribution is -2.27. The molecule has 0 amide bonds. The number of hydrogen-bond donors (Lipinski definition) is 1. The minimum atomic E-state index is -0.886. The first-order valence-electron chi connectivity index (χ1n) is 5.28. The zero-order valence-corrected chi connectivity index (χ0v) is 11.3. The van der Waals surface area contributed by atoms with Gasteiger partial charge in [0.05, 0.1) is 12.8 Å². The third kappa shape index (κ3) is 3.73. The predicted molar refractivity (Wildman–Crippen MR) is 68.6 cm³/mol. The maximum absolute atomic E-state index is 11.3. The normalized spacial score (nSPS) is 11.1. The van der Waals surface area contributed by atoms with Gasteiger partial charge in [-0.1, -0.05) is 6.07 Å². The van der Waals surface area contributed by atoms with E-state index in [1.54, 1.807) is 32.0 Å². The molecule has 0 aliphatic carbocycles. The van der Waals surface area contributed by atoms with E-state index in [4.69, 9.17) is 5.11 Å². The summed E-state index contributed by atoms with van der Waals surface area (Å²) in [6.07, 6.45) is 0. The van der Waals surface area contributed by atoms with Gasteiger partial charge in [-0.2, -0.15) is 0 Å². The van der Waals surface area contributed by atoms with E-state index in [1.807, 2.05) is 0 Å². The Hall–Kier alpha value is -1.56. The Kier molecular flexibility index (Phi) is 4.72. The van der Waals surface area contributed by atoms with Crippen molar-refractivity contribution >= 4 is 23.7 Å². The molecule has 0 aromatic carbocycles. The summed E-state index contributed by atoms with van der Waals surface area (Å²) in [5, 5.41) is 8.98. The Morgan fingerprint density at radius 1 is 1.44 bits per heavy atom. The number of rotatable bonds is 5. The number of nitrogens with zero attached hydrogens (tertiary/aromatic N) is 1. The summed E-state index contributed by atoms with van der Waals surface area (Å²) >= 11 is 1.25. The number of esters is 1. The third-order valence-electron chi connectivity index (χ3n) is 2.30. The highest BCUT2D eigenvalue weighted by molar-refractivity contribution is 8.00. The lowest BCUT2D eigenvalue weighted by atomic mass is 10.2. The monoisotopic (exact) mass is 269 g/mol. The van der Waals surface area contributed by atoms with E-state index in [-0.39, 0.29) is 5.69 Å². The molecule has 0 saturated carbocycles. The van der Waals surface area contributed by atoms with Crippen LogP contribution in [0, 0.1) is 0 Å². The molecule has 0 spiro atoms. The molecule has 0 radical (unpaired) electrons. The summed E-state index contributed by atoms with van der Waals surface area (Å²) < 4.78 is 3.69. The number of carboxylic acid groups (broad SMARTS) is 1. The Bertz CT molecular complexity index is 459. The Morgan fingerprint density at radius 2 is 2.11 bits per heavy atom. The zero-order chi connectivity index (χ0) is 13.8. The second-order valence-electron chi connectivity index (χ2n) is 4.11. The van der Waals surface area contributed by atoms with Gasteiger partial charge in [0.1, 0.15) is 10.4 Å². The highest BCUT2D eigenvalue weighted by Crippen LogP contribution is 2.27. The molecule has 98 valence electrons. The molecule has 0 saturated heterocycles. The van der Waals surface area contributed by atoms with Crippen molar-refractivity contribution in [2.24, 2.45) is 0 Å². The van der Waals surface area contributed by atoms with Crippen LogP contribution in [0.5, 0.6) is 0 Å². The largest absolute Gasteiger partial charge is 0.480 e. The molecular formula is C12H15NO4S. The van der Waals surface area contributed by atoms with Crippen molar-refractivity contribution in [3.05, 3.63) is 29.6 Å². The van der Waals surface area contributed by atoms with E-state index in [9.17, 15) is 9.59 Å². The minimum Gasteiger partial charge on any atom is -0.480 e. The molecule has 0 fully saturated rings. The molecule has 0 aliphatic heterocycles. The van der Waals surface area contributed by atoms with Gasteiger partial charge in [-0.25, -0.2) is 9.78 Å². The number of aliphatic carboxylic acids is 1. The van der Waals surface area contributed by atoms with Crippen LogP contribution in [0.15, 0.2) is 18.2 Å². The smallest absolute Gasteiger partial charge is 0.356 e. The fraction of sp³-hybridized carbons (Fsp3) is 0.417. The lowest BCUT2D eigenvalue weighted by molar-refractivity contribution is -0.138. The van der Waals surface area contributed by atoms with Crippen LogP contribution in [0.3, 0.4) is 0 Å². The van der Waals surface area contributed by atoms with Crippen LogP contribution in [0.25, 0.3) is 0 Å². The third-order valence-corrected chi connectivity index (χ3v) is 3.63. The molecule has 0 atom stereocenters. The topological polar surface area (TPSA) is 76.5 Å². The van der Waals surface area contributed by atoms with Crippen molar-refractivity contribution in [2.75, 3.05) is 7.11 Å². The highest BCUT2D eigenvalue weighted by atomic mass is 32.2. The van der Waals surface area contributed by atoms with Crippen molar-refractivity contribution in [1.82, 2.24) is 4.98 Å². The second kappa shape index (κ2) is 5.86. The SMILES string of the molecule is COC(=O)c1cccc(CSC(C)(C)C(=O)O)n1. The number of carboxylic acids is 1. The number of aromatic nitrogens is 1. The Morgan fingerprint density at radius 3 is 2.67 bits per heavy atom. The highest BCUT2D eigenvalue weighted by Gasteiger charge is 2.27. The van der Waals surface area contributed by atoms with Crippen LogP contribution in [0.1, 0.15) is 30.0 Å². The van der Waals surface area contributed by atoms with Crippen molar-refractivity contribution in [2.45, 2.75) is 24.3 Å². The second-order valence-corrected chi connectivity index (χ2v) is 5.71. The molecule has 6 heteroatoms. The van der Waals surface area contributed by atoms with Crippen LogP contribution in [0.4, 0.5) is 0 Å². The number of thioether (sulfide) groups is 1. The Balaban J connectivity index is 2.74. The van der Waals surface area contributed by atoms with Gasteiger partial charge < -0.3 is 9.84 Å². The van der Waals surface area contributed by atoms with Gasteiger partial charge in [0, 0.05) is 5.75 Å². The van der Waals surface area contributed by atoms with Crippen molar-refractivity contribution in [3.8, 4) is 0 Å². The molecule has 0 unspecified atom stereocenters. The van der Waals surface area contributed by atoms with E-state index < -0.39 is 16.7 Å². The van der Waals surface area contributed by atoms with E-state index in [0.29, 0.717) is 11.4 Å². The number of carbonyl (C=O) groups is 2. The van der Waals surface area contributed by atoms with Gasteiger partial charge in [-0.15, -0.1) is 11.8 Å². The van der Waals surface area contributed by atoms with Gasteiger partial charge in [-0.05, 0) is 26.0 Å². The maximum Gasteiger partial charge on any atom is 0.356 e. The van der Waals surface area contributed by atoms with E-state index >= 15 is 0 Å². The standard InChI is InChI=1S/C12H15NO4S/c1-12(2,11(15)16)18-7-8-5-4-6-9(13-8)10(14)17-3/h4-6H,7H2,1-3H3,(H,15,16). The van der Waals surface area contributed by atoms with Crippen LogP contribution in [0.2, 0.25) is 0 Å². The van der Waals surface area contributed by atoms with Gasteiger partial charge in [0.2, 0.25) is 0 Å². The average Bonchev–Trinajstić information content (AvgIpc) is 2.35. The van der Waals surface area contributed by atoms with E-state index in [1.165, 1.54) is 18.9 Å². The quantitative estimate of drug-likeness (QED) is 0.823. The predicted octanol–water partition coefficient (Wildman–Crippen LogP) is 1.96. The van der Waals surface area contributed by atoms with Crippen molar-refractivity contribution in [1.29, 1.82) is 0 Å². The molecule has 1 aromatic rings. The summed E-state index contributed by atoms with van der Waals surface area (Å²) in [6, 6.07) is 5.00. The number of hydrogen-bond acceptors (Lipinski definition) is 5. The molecule has 5 nitrogen and oxygen atoms in total. The minimum absolute atomic E-state index is 0.226. The zero-order valence-electron chi connectivity index (χ0n) is 10.5. The number of methoxy groups -OCH3 is 1. The van der Waals surface area contributed by atoms with Gasteiger partial charge in [0.15, 0.2) is 0 Å². The van der Waals surface area contributed by atoms with E-state index in [2.05, 4.69) is 9.72 Å².